The van der Waals surface area contributed by atoms with E-state index in [0.29, 0.717) is 11.5 Å². The molecule has 0 saturated heterocycles. The molecule has 2 aromatic rings. The van der Waals surface area contributed by atoms with Crippen LogP contribution < -0.4 is 18.9 Å². The lowest BCUT2D eigenvalue weighted by molar-refractivity contribution is 0.0417. The molecule has 3 atom stereocenters. The van der Waals surface area contributed by atoms with Crippen LogP contribution >= 0.6 is 0 Å². The predicted octanol–water partition coefficient (Wildman–Crippen LogP) is 6.79. The number of hydrogen-bond acceptors (Lipinski definition) is 6. The summed E-state index contributed by atoms with van der Waals surface area (Å²) in [6, 6.07) is 6.48. The average molecular weight is 459 g/mol. The maximum atomic E-state index is 10.1. The molecule has 0 fully saturated rings. The summed E-state index contributed by atoms with van der Waals surface area (Å²) in [4.78, 5) is 0. The molecule has 0 N–H and O–H groups in total. The molecule has 6 heteroatoms. The standard InChI is InChI=1S/C28H30N2O4/c1-8-16-21-19(27(5,6)13-28(21,7)9-2)10-20-22(16)34-26-18(12-30)24-23(17(11-29)25(26)33-20)31-14(3)15(4)32-24/h10,14-15H,8-9,13H2,1-7H3. The summed E-state index contributed by atoms with van der Waals surface area (Å²) in [5.74, 6) is 2.13. The van der Waals surface area contributed by atoms with Crippen molar-refractivity contribution in [2.75, 3.05) is 0 Å². The van der Waals surface area contributed by atoms with Gasteiger partial charge in [-0.3, -0.25) is 0 Å². The number of nitriles is 2. The molecule has 34 heavy (non-hydrogen) atoms. The maximum absolute atomic E-state index is 10.1. The van der Waals surface area contributed by atoms with Crippen LogP contribution in [0.2, 0.25) is 0 Å². The van der Waals surface area contributed by atoms with Crippen LogP contribution in [-0.2, 0) is 17.3 Å². The first-order chi connectivity index (χ1) is 16.1. The van der Waals surface area contributed by atoms with Gasteiger partial charge in [-0.25, -0.2) is 0 Å². The lowest BCUT2D eigenvalue weighted by atomic mass is 9.77. The van der Waals surface area contributed by atoms with Crippen LogP contribution in [0.3, 0.4) is 0 Å². The molecule has 0 amide bonds. The molecule has 5 rings (SSSR count). The van der Waals surface area contributed by atoms with E-state index in [-0.39, 0.29) is 57.2 Å². The number of fused-ring (bicyclic) bond motifs is 4. The third-order valence-electron chi connectivity index (χ3n) is 7.87. The summed E-state index contributed by atoms with van der Waals surface area (Å²) < 4.78 is 24.9. The molecule has 6 nitrogen and oxygen atoms in total. The summed E-state index contributed by atoms with van der Waals surface area (Å²) >= 11 is 0. The van der Waals surface area contributed by atoms with Crippen LogP contribution in [0.5, 0.6) is 34.5 Å². The first-order valence-electron chi connectivity index (χ1n) is 12.0. The van der Waals surface area contributed by atoms with E-state index in [4.69, 9.17) is 18.9 Å². The second kappa shape index (κ2) is 7.31. The Balaban J connectivity index is 1.78. The zero-order chi connectivity index (χ0) is 24.6. The van der Waals surface area contributed by atoms with E-state index in [1.54, 1.807) is 0 Å². The van der Waals surface area contributed by atoms with Gasteiger partial charge in [0.05, 0.1) is 0 Å². The van der Waals surface area contributed by atoms with Gasteiger partial charge in [0.1, 0.15) is 35.5 Å². The first kappa shape index (κ1) is 22.4. The van der Waals surface area contributed by atoms with Crippen molar-refractivity contribution >= 4 is 0 Å². The molecular formula is C28H30N2O4. The number of rotatable bonds is 2. The van der Waals surface area contributed by atoms with E-state index in [9.17, 15) is 10.5 Å². The van der Waals surface area contributed by atoms with Crippen molar-refractivity contribution in [1.29, 1.82) is 10.5 Å². The highest BCUT2D eigenvalue weighted by atomic mass is 16.6. The molecule has 2 aromatic carbocycles. The van der Waals surface area contributed by atoms with Crippen molar-refractivity contribution in [3.63, 3.8) is 0 Å². The van der Waals surface area contributed by atoms with E-state index in [1.165, 1.54) is 11.1 Å². The minimum absolute atomic E-state index is 0.0169. The monoisotopic (exact) mass is 458 g/mol. The van der Waals surface area contributed by atoms with Gasteiger partial charge in [0.15, 0.2) is 34.5 Å². The van der Waals surface area contributed by atoms with Gasteiger partial charge in [-0.05, 0) is 61.1 Å². The van der Waals surface area contributed by atoms with Crippen molar-refractivity contribution < 1.29 is 18.9 Å². The molecule has 3 aliphatic rings. The van der Waals surface area contributed by atoms with Gasteiger partial charge in [0, 0.05) is 5.56 Å². The van der Waals surface area contributed by atoms with Crippen LogP contribution in [0.4, 0.5) is 0 Å². The second-order valence-corrected chi connectivity index (χ2v) is 10.6. The SMILES string of the molecule is CCc1c2c(cc3c1C(C)(CC)CC3(C)C)Oc1c(C#N)c3c(c(C#N)c1O2)OC(C)C(C)O3. The summed E-state index contributed by atoms with van der Waals surface area (Å²) in [6.07, 6.45) is 2.27. The highest BCUT2D eigenvalue weighted by Gasteiger charge is 2.47. The third-order valence-corrected chi connectivity index (χ3v) is 7.87. The Bertz CT molecular complexity index is 1310. The smallest absolute Gasteiger partial charge is 0.193 e. The second-order valence-electron chi connectivity index (χ2n) is 10.6. The maximum Gasteiger partial charge on any atom is 0.193 e. The van der Waals surface area contributed by atoms with Crippen molar-refractivity contribution in [2.24, 2.45) is 0 Å². The number of hydrogen-bond donors (Lipinski definition) is 0. The lowest BCUT2D eigenvalue weighted by Crippen LogP contribution is -2.36. The Labute approximate surface area is 201 Å². The molecular weight excluding hydrogens is 428 g/mol. The minimum Gasteiger partial charge on any atom is -0.481 e. The van der Waals surface area contributed by atoms with E-state index in [2.05, 4.69) is 52.8 Å². The minimum atomic E-state index is -0.275. The molecule has 0 aromatic heterocycles. The molecule has 1 aliphatic carbocycles. The van der Waals surface area contributed by atoms with Gasteiger partial charge in [-0.2, -0.15) is 10.5 Å². The van der Waals surface area contributed by atoms with E-state index < -0.39 is 0 Å². The fraction of sp³-hybridized carbons (Fsp3) is 0.500. The number of ether oxygens (including phenoxy) is 4. The largest absolute Gasteiger partial charge is 0.481 e. The Morgan fingerprint density at radius 1 is 0.882 bits per heavy atom. The number of benzene rings is 2. The van der Waals surface area contributed by atoms with Gasteiger partial charge < -0.3 is 18.9 Å². The third kappa shape index (κ3) is 2.84. The fourth-order valence-corrected chi connectivity index (χ4v) is 5.96. The lowest BCUT2D eigenvalue weighted by Gasteiger charge is -2.34. The van der Waals surface area contributed by atoms with Crippen molar-refractivity contribution in [1.82, 2.24) is 0 Å². The van der Waals surface area contributed by atoms with Crippen molar-refractivity contribution in [3.05, 3.63) is 33.9 Å². The Morgan fingerprint density at radius 3 is 1.94 bits per heavy atom. The normalized spacial score (nSPS) is 25.1. The topological polar surface area (TPSA) is 84.5 Å². The van der Waals surface area contributed by atoms with Gasteiger partial charge in [0.2, 0.25) is 0 Å². The Hall–Kier alpha value is -3.38. The quantitative estimate of drug-likeness (QED) is 0.420. The molecule has 0 saturated carbocycles. The van der Waals surface area contributed by atoms with Gasteiger partial charge in [-0.1, -0.05) is 34.6 Å². The zero-order valence-corrected chi connectivity index (χ0v) is 20.9. The van der Waals surface area contributed by atoms with Crippen LogP contribution in [0.15, 0.2) is 6.07 Å². The summed E-state index contributed by atoms with van der Waals surface area (Å²) in [6.45, 7) is 15.0. The molecule has 0 bridgehead atoms. The number of nitrogens with zero attached hydrogens (tertiary/aromatic N) is 2. The molecule has 3 unspecified atom stereocenters. The highest BCUT2D eigenvalue weighted by molar-refractivity contribution is 5.77. The van der Waals surface area contributed by atoms with Crippen LogP contribution in [0.25, 0.3) is 0 Å². The van der Waals surface area contributed by atoms with E-state index >= 15 is 0 Å². The molecule has 176 valence electrons. The van der Waals surface area contributed by atoms with Crippen molar-refractivity contribution in [2.45, 2.75) is 90.8 Å². The molecule has 2 aliphatic heterocycles. The predicted molar refractivity (Wildman–Crippen MR) is 127 cm³/mol. The first-order valence-corrected chi connectivity index (χ1v) is 12.0. The fourth-order valence-electron chi connectivity index (χ4n) is 5.96. The Kier molecular flexibility index (Phi) is 4.82. The summed E-state index contributed by atoms with van der Waals surface area (Å²) in [5, 5.41) is 20.1. The zero-order valence-electron chi connectivity index (χ0n) is 20.9. The summed E-state index contributed by atoms with van der Waals surface area (Å²) in [5.41, 5.74) is 4.07. The van der Waals surface area contributed by atoms with Gasteiger partial charge in [0.25, 0.3) is 0 Å². The molecule has 2 heterocycles. The molecule has 0 radical (unpaired) electrons. The Morgan fingerprint density at radius 2 is 1.44 bits per heavy atom. The molecule has 0 spiro atoms. The average Bonchev–Trinajstić information content (AvgIpc) is 3.01. The van der Waals surface area contributed by atoms with Gasteiger partial charge >= 0.3 is 0 Å². The van der Waals surface area contributed by atoms with Crippen LogP contribution in [0.1, 0.15) is 89.1 Å². The van der Waals surface area contributed by atoms with Crippen molar-refractivity contribution in [3.8, 4) is 46.6 Å². The van der Waals surface area contributed by atoms with Crippen LogP contribution in [0, 0.1) is 22.7 Å². The van der Waals surface area contributed by atoms with Gasteiger partial charge in [-0.15, -0.1) is 0 Å². The van der Waals surface area contributed by atoms with Crippen LogP contribution in [-0.4, -0.2) is 12.2 Å². The van der Waals surface area contributed by atoms with E-state index in [0.717, 1.165) is 24.8 Å². The van der Waals surface area contributed by atoms with E-state index in [1.807, 2.05) is 13.8 Å². The highest BCUT2D eigenvalue weighted by Crippen LogP contribution is 2.61. The summed E-state index contributed by atoms with van der Waals surface area (Å²) in [7, 11) is 0.